The van der Waals surface area contributed by atoms with Crippen molar-refractivity contribution in [2.45, 2.75) is 6.92 Å². The standard InChI is InChI=1S/C3H7NOS.CHNO/c1-2-5-3(4)6;2-1-3/h2H2,1H3,(H2,4,6);3H. The van der Waals surface area contributed by atoms with Crippen LogP contribution in [-0.4, -0.2) is 16.9 Å². The zero-order chi connectivity index (χ0) is 7.70. The maximum absolute atomic E-state index is 6.88. The SMILES string of the molecule is CCOC(N)=S.N#CO. The van der Waals surface area contributed by atoms with Crippen LogP contribution in [0.15, 0.2) is 0 Å². The summed E-state index contributed by atoms with van der Waals surface area (Å²) in [5, 5.41) is 13.9. The molecule has 3 N–H and O–H groups in total. The van der Waals surface area contributed by atoms with Gasteiger partial charge in [0.2, 0.25) is 0 Å². The van der Waals surface area contributed by atoms with Gasteiger partial charge in [0, 0.05) is 0 Å². The van der Waals surface area contributed by atoms with Crippen LogP contribution in [0, 0.1) is 11.5 Å². The second-order valence-corrected chi connectivity index (χ2v) is 1.25. The Kier molecular flexibility index (Phi) is 12.2. The lowest BCUT2D eigenvalue weighted by molar-refractivity contribution is 0.331. The normalized spacial score (nSPS) is 5.78. The molecule has 0 radical (unpaired) electrons. The van der Waals surface area contributed by atoms with Crippen molar-refractivity contribution in [3.63, 3.8) is 0 Å². The lowest BCUT2D eigenvalue weighted by Gasteiger charge is -1.93. The fourth-order valence-corrected chi connectivity index (χ4v) is 0.260. The summed E-state index contributed by atoms with van der Waals surface area (Å²) in [5.74, 6) is 0. The van der Waals surface area contributed by atoms with E-state index in [1.807, 2.05) is 6.92 Å². The molecule has 0 rings (SSSR count). The molecule has 0 fully saturated rings. The molecule has 0 aromatic rings. The Hall–Kier alpha value is -1.02. The van der Waals surface area contributed by atoms with Gasteiger partial charge in [0.05, 0.1) is 6.61 Å². The van der Waals surface area contributed by atoms with Gasteiger partial charge in [-0.05, 0) is 19.1 Å². The largest absolute Gasteiger partial charge is 0.472 e. The maximum atomic E-state index is 6.88. The second kappa shape index (κ2) is 10.1. The minimum Gasteiger partial charge on any atom is -0.472 e. The predicted molar refractivity (Wildman–Crippen MR) is 36.0 cm³/mol. The second-order valence-electron chi connectivity index (χ2n) is 0.852. The molecule has 0 aromatic heterocycles. The van der Waals surface area contributed by atoms with Gasteiger partial charge in [0.25, 0.3) is 11.4 Å². The van der Waals surface area contributed by atoms with E-state index >= 15 is 0 Å². The van der Waals surface area contributed by atoms with Crippen molar-refractivity contribution < 1.29 is 9.84 Å². The summed E-state index contributed by atoms with van der Waals surface area (Å²) in [6.45, 7) is 2.40. The van der Waals surface area contributed by atoms with E-state index in [0.29, 0.717) is 6.61 Å². The third-order valence-corrected chi connectivity index (χ3v) is 0.404. The molecule has 5 heteroatoms. The van der Waals surface area contributed by atoms with Gasteiger partial charge in [-0.15, -0.1) is 0 Å². The average molecular weight is 148 g/mol. The maximum Gasteiger partial charge on any atom is 0.283 e. The summed E-state index contributed by atoms with van der Waals surface area (Å²) in [4.78, 5) is 0. The van der Waals surface area contributed by atoms with Crippen LogP contribution in [0.3, 0.4) is 0 Å². The highest BCUT2D eigenvalue weighted by Gasteiger charge is 1.76. The zero-order valence-corrected chi connectivity index (χ0v) is 5.81. The summed E-state index contributed by atoms with van der Waals surface area (Å²) in [7, 11) is 0. The molecule has 0 heterocycles. The van der Waals surface area contributed by atoms with E-state index in [9.17, 15) is 0 Å². The van der Waals surface area contributed by atoms with Crippen LogP contribution in [0.1, 0.15) is 6.92 Å². The number of hydrogen-bond donors (Lipinski definition) is 2. The van der Waals surface area contributed by atoms with Crippen LogP contribution >= 0.6 is 12.2 Å². The van der Waals surface area contributed by atoms with Crippen molar-refractivity contribution in [3.8, 4) is 6.26 Å². The number of rotatable bonds is 1. The molecule has 0 saturated heterocycles. The molecular weight excluding hydrogens is 140 g/mol. The van der Waals surface area contributed by atoms with Gasteiger partial charge in [-0.3, -0.25) is 0 Å². The van der Waals surface area contributed by atoms with Gasteiger partial charge < -0.3 is 15.6 Å². The minimum atomic E-state index is 0.123. The molecule has 0 atom stereocenters. The fourth-order valence-electron chi connectivity index (χ4n) is 0.142. The van der Waals surface area contributed by atoms with E-state index in [2.05, 4.69) is 17.0 Å². The summed E-state index contributed by atoms with van der Waals surface area (Å²) < 4.78 is 4.55. The number of nitrogens with zero attached hydrogens (tertiary/aromatic N) is 1. The zero-order valence-electron chi connectivity index (χ0n) is 5.00. The Labute approximate surface area is 58.8 Å². The molecule has 0 aliphatic carbocycles. The van der Waals surface area contributed by atoms with E-state index in [0.717, 1.165) is 6.26 Å². The summed E-state index contributed by atoms with van der Waals surface area (Å²) in [6, 6.07) is 0. The Bertz CT molecular complexity index is 110. The van der Waals surface area contributed by atoms with E-state index in [1.165, 1.54) is 0 Å². The van der Waals surface area contributed by atoms with E-state index < -0.39 is 0 Å². The van der Waals surface area contributed by atoms with E-state index in [4.69, 9.17) is 16.1 Å². The lowest BCUT2D eigenvalue weighted by atomic mass is 10.9. The first-order chi connectivity index (χ1) is 4.18. The Morgan fingerprint density at radius 1 is 2.00 bits per heavy atom. The van der Waals surface area contributed by atoms with Gasteiger partial charge in [-0.25, -0.2) is 0 Å². The van der Waals surface area contributed by atoms with E-state index in [-0.39, 0.29) is 5.17 Å². The number of thiocarbonyl (C=S) groups is 1. The van der Waals surface area contributed by atoms with E-state index in [1.54, 1.807) is 0 Å². The number of ether oxygens (including phenoxy) is 1. The first-order valence-corrected chi connectivity index (χ1v) is 2.55. The molecule has 0 amide bonds. The first kappa shape index (κ1) is 10.9. The molecule has 0 aromatic carbocycles. The average Bonchev–Trinajstić information content (AvgIpc) is 1.67. The highest BCUT2D eigenvalue weighted by atomic mass is 32.1. The fraction of sp³-hybridized carbons (Fsp3) is 0.500. The Balaban J connectivity index is 0. The van der Waals surface area contributed by atoms with Crippen molar-refractivity contribution in [2.75, 3.05) is 6.61 Å². The van der Waals surface area contributed by atoms with Gasteiger partial charge in [-0.1, -0.05) is 0 Å². The molecule has 0 aliphatic heterocycles. The van der Waals surface area contributed by atoms with Crippen LogP contribution in [0.5, 0.6) is 0 Å². The lowest BCUT2D eigenvalue weighted by Crippen LogP contribution is -2.11. The smallest absolute Gasteiger partial charge is 0.283 e. The highest BCUT2D eigenvalue weighted by molar-refractivity contribution is 7.80. The summed E-state index contributed by atoms with van der Waals surface area (Å²) in [5.41, 5.74) is 4.91. The number of aliphatic hydroxyl groups excluding tert-OH is 1. The van der Waals surface area contributed by atoms with Gasteiger partial charge in [-0.2, -0.15) is 5.26 Å². The van der Waals surface area contributed by atoms with Gasteiger partial charge >= 0.3 is 0 Å². The van der Waals surface area contributed by atoms with Crippen LogP contribution in [0.4, 0.5) is 0 Å². The third-order valence-electron chi connectivity index (χ3n) is 0.287. The quantitative estimate of drug-likeness (QED) is 0.407. The highest BCUT2D eigenvalue weighted by Crippen LogP contribution is 1.67. The predicted octanol–water partition coefficient (Wildman–Crippen LogP) is 0.106. The van der Waals surface area contributed by atoms with Gasteiger partial charge in [0.15, 0.2) is 0 Å². The van der Waals surface area contributed by atoms with Crippen molar-refractivity contribution in [3.05, 3.63) is 0 Å². The van der Waals surface area contributed by atoms with Crippen molar-refractivity contribution >= 4 is 17.4 Å². The molecular formula is C4H8N2O2S. The summed E-state index contributed by atoms with van der Waals surface area (Å²) in [6.07, 6.45) is 0.750. The molecule has 52 valence electrons. The van der Waals surface area contributed by atoms with Crippen LogP contribution < -0.4 is 5.73 Å². The Morgan fingerprint density at radius 3 is 2.33 bits per heavy atom. The molecule has 0 unspecified atom stereocenters. The number of nitriles is 1. The number of aliphatic hydroxyl groups is 1. The monoisotopic (exact) mass is 148 g/mol. The Morgan fingerprint density at radius 2 is 2.33 bits per heavy atom. The van der Waals surface area contributed by atoms with Gasteiger partial charge in [0.1, 0.15) is 0 Å². The molecule has 0 spiro atoms. The van der Waals surface area contributed by atoms with Crippen LogP contribution in [0.25, 0.3) is 0 Å². The van der Waals surface area contributed by atoms with Crippen molar-refractivity contribution in [1.82, 2.24) is 0 Å². The molecule has 0 bridgehead atoms. The molecule has 9 heavy (non-hydrogen) atoms. The molecule has 4 nitrogen and oxygen atoms in total. The number of hydrogen-bond acceptors (Lipinski definition) is 4. The van der Waals surface area contributed by atoms with Crippen molar-refractivity contribution in [1.29, 1.82) is 5.26 Å². The molecule has 0 saturated carbocycles. The third kappa shape index (κ3) is 44.2. The summed E-state index contributed by atoms with van der Waals surface area (Å²) >= 11 is 4.35. The minimum absolute atomic E-state index is 0.123. The topological polar surface area (TPSA) is 79.3 Å². The van der Waals surface area contributed by atoms with Crippen LogP contribution in [0.2, 0.25) is 0 Å². The van der Waals surface area contributed by atoms with Crippen molar-refractivity contribution in [2.24, 2.45) is 5.73 Å². The molecule has 0 aliphatic rings. The number of nitrogens with two attached hydrogens (primary N) is 1. The first-order valence-electron chi connectivity index (χ1n) is 2.14. The van der Waals surface area contributed by atoms with Crippen LogP contribution in [-0.2, 0) is 4.74 Å².